The van der Waals surface area contributed by atoms with Crippen LogP contribution < -0.4 is 0 Å². The van der Waals surface area contributed by atoms with Crippen molar-refractivity contribution in [3.05, 3.63) is 41.0 Å². The molecule has 0 heterocycles. The summed E-state index contributed by atoms with van der Waals surface area (Å²) in [4.78, 5) is 3.43. The predicted octanol–water partition coefficient (Wildman–Crippen LogP) is 7.77. The van der Waals surface area contributed by atoms with Crippen molar-refractivity contribution >= 4 is 23.1 Å². The molecule has 30 heavy (non-hydrogen) atoms. The number of nitrogens with zero attached hydrogens (tertiary/aromatic N) is 1. The molecule has 4 rings (SSSR count). The molecule has 4 heteroatoms. The van der Waals surface area contributed by atoms with Crippen molar-refractivity contribution in [1.29, 1.82) is 0 Å². The van der Waals surface area contributed by atoms with E-state index in [0.29, 0.717) is 5.56 Å². The van der Waals surface area contributed by atoms with Gasteiger partial charge >= 0.3 is 0 Å². The van der Waals surface area contributed by atoms with E-state index in [4.69, 9.17) is 0 Å². The molecule has 0 amide bonds. The summed E-state index contributed by atoms with van der Waals surface area (Å²) in [6.07, 6.45) is 17.0. The van der Waals surface area contributed by atoms with Gasteiger partial charge in [-0.05, 0) is 98.5 Å². The van der Waals surface area contributed by atoms with Gasteiger partial charge in [0.1, 0.15) is 5.69 Å². The first-order valence-electron chi connectivity index (χ1n) is 11.4. The molecule has 1 aromatic carbocycles. The van der Waals surface area contributed by atoms with Crippen molar-refractivity contribution in [2.45, 2.75) is 70.6 Å². The van der Waals surface area contributed by atoms with E-state index < -0.39 is 17.3 Å². The molecular weight excluding hydrogens is 396 g/mol. The Labute approximate surface area is 184 Å². The number of isothiocyanates is 1. The van der Waals surface area contributed by atoms with E-state index in [1.807, 2.05) is 5.16 Å². The van der Waals surface area contributed by atoms with Crippen molar-refractivity contribution in [1.82, 2.24) is 0 Å². The summed E-state index contributed by atoms with van der Waals surface area (Å²) in [5, 5.41) is 2.00. The third kappa shape index (κ3) is 5.08. The lowest BCUT2D eigenvalue weighted by Gasteiger charge is -2.37. The number of benzene rings is 1. The normalized spacial score (nSPS) is 27.0. The summed E-state index contributed by atoms with van der Waals surface area (Å²) >= 11 is 4.42. The van der Waals surface area contributed by atoms with E-state index in [9.17, 15) is 8.78 Å². The van der Waals surface area contributed by atoms with Crippen LogP contribution in [0.25, 0.3) is 0 Å². The first kappa shape index (κ1) is 21.4. The van der Waals surface area contributed by atoms with Gasteiger partial charge in [-0.2, -0.15) is 4.99 Å². The van der Waals surface area contributed by atoms with Crippen LogP contribution in [0.15, 0.2) is 28.8 Å². The van der Waals surface area contributed by atoms with E-state index in [0.717, 1.165) is 42.1 Å². The smallest absolute Gasteiger partial charge is 0.153 e. The maximum atomic E-state index is 13.9. The van der Waals surface area contributed by atoms with E-state index in [2.05, 4.69) is 35.1 Å². The van der Waals surface area contributed by atoms with Gasteiger partial charge in [0, 0.05) is 5.56 Å². The fourth-order valence-corrected chi connectivity index (χ4v) is 5.95. The lowest BCUT2D eigenvalue weighted by atomic mass is 9.69. The highest BCUT2D eigenvalue weighted by molar-refractivity contribution is 7.78. The van der Waals surface area contributed by atoms with Crippen LogP contribution in [0.2, 0.25) is 0 Å². The van der Waals surface area contributed by atoms with E-state index in [1.54, 1.807) is 0 Å². The van der Waals surface area contributed by atoms with Crippen molar-refractivity contribution in [3.8, 4) is 11.8 Å². The van der Waals surface area contributed by atoms with Crippen LogP contribution in [0.1, 0.15) is 76.2 Å². The monoisotopic (exact) mass is 425 g/mol. The minimum atomic E-state index is -0.762. The maximum Gasteiger partial charge on any atom is 0.153 e. The third-order valence-corrected chi connectivity index (χ3v) is 7.63. The van der Waals surface area contributed by atoms with Gasteiger partial charge in [-0.3, -0.25) is 0 Å². The van der Waals surface area contributed by atoms with E-state index in [-0.39, 0.29) is 0 Å². The van der Waals surface area contributed by atoms with E-state index >= 15 is 0 Å². The molecule has 0 bridgehead atoms. The maximum absolute atomic E-state index is 13.9. The highest BCUT2D eigenvalue weighted by Gasteiger charge is 2.32. The molecule has 158 valence electrons. The van der Waals surface area contributed by atoms with Crippen molar-refractivity contribution in [3.63, 3.8) is 0 Å². The number of thiocarbonyl (C=S) groups is 1. The van der Waals surface area contributed by atoms with Crippen LogP contribution in [0.4, 0.5) is 14.5 Å². The second kappa shape index (κ2) is 9.99. The number of rotatable bonds is 3. The summed E-state index contributed by atoms with van der Waals surface area (Å²) in [5.41, 5.74) is 1.01. The first-order valence-corrected chi connectivity index (χ1v) is 11.8. The van der Waals surface area contributed by atoms with Gasteiger partial charge in [0.25, 0.3) is 0 Å². The lowest BCUT2D eigenvalue weighted by molar-refractivity contribution is 0.157. The van der Waals surface area contributed by atoms with Gasteiger partial charge in [-0.1, -0.05) is 43.6 Å². The van der Waals surface area contributed by atoms with Gasteiger partial charge in [-0.25, -0.2) is 8.78 Å². The topological polar surface area (TPSA) is 12.4 Å². The zero-order chi connectivity index (χ0) is 20.9. The van der Waals surface area contributed by atoms with Crippen LogP contribution in [-0.4, -0.2) is 5.16 Å². The predicted molar refractivity (Wildman–Crippen MR) is 121 cm³/mol. The Morgan fingerprint density at radius 2 is 1.40 bits per heavy atom. The first-order chi connectivity index (χ1) is 14.6. The average Bonchev–Trinajstić information content (AvgIpc) is 3.30. The van der Waals surface area contributed by atoms with Crippen molar-refractivity contribution < 1.29 is 8.78 Å². The zero-order valence-corrected chi connectivity index (χ0v) is 18.2. The minimum absolute atomic E-state index is 0.321. The molecule has 2 fully saturated rings. The molecule has 1 nitrogen and oxygen atoms in total. The molecule has 2 saturated carbocycles. The summed E-state index contributed by atoms with van der Waals surface area (Å²) in [7, 11) is 0. The summed E-state index contributed by atoms with van der Waals surface area (Å²) in [5.74, 6) is 8.17. The molecule has 1 aromatic rings. The van der Waals surface area contributed by atoms with Gasteiger partial charge in [0.15, 0.2) is 11.6 Å². The Hall–Kier alpha value is -1.82. The SMILES string of the molecule is Fc1cc(C#CC2=CCC(C3CCC(C4CCCC4)CC3)CC2)cc(F)c1N=C=S. The van der Waals surface area contributed by atoms with Crippen molar-refractivity contribution in [2.75, 3.05) is 0 Å². The van der Waals surface area contributed by atoms with Gasteiger partial charge < -0.3 is 0 Å². The third-order valence-electron chi connectivity index (χ3n) is 7.54. The Bertz CT molecular complexity index is 882. The summed E-state index contributed by atoms with van der Waals surface area (Å²) in [6.45, 7) is 0. The fraction of sp³-hybridized carbons (Fsp3) is 0.577. The van der Waals surface area contributed by atoms with Gasteiger partial charge in [-0.15, -0.1) is 0 Å². The number of allylic oxidation sites excluding steroid dienone is 2. The zero-order valence-electron chi connectivity index (χ0n) is 17.4. The molecule has 0 aromatic heterocycles. The lowest BCUT2D eigenvalue weighted by Crippen LogP contribution is -2.25. The number of halogens is 2. The molecule has 0 radical (unpaired) electrons. The van der Waals surface area contributed by atoms with Crippen LogP contribution >= 0.6 is 12.2 Å². The Morgan fingerprint density at radius 3 is 1.97 bits per heavy atom. The molecule has 3 aliphatic carbocycles. The molecule has 0 saturated heterocycles. The Kier molecular flexibility index (Phi) is 7.13. The highest BCUT2D eigenvalue weighted by Crippen LogP contribution is 2.44. The molecule has 0 N–H and O–H groups in total. The van der Waals surface area contributed by atoms with Crippen LogP contribution in [-0.2, 0) is 0 Å². The average molecular weight is 426 g/mol. The summed E-state index contributed by atoms with van der Waals surface area (Å²) in [6, 6.07) is 2.41. The molecule has 3 aliphatic rings. The Morgan fingerprint density at radius 1 is 0.800 bits per heavy atom. The molecule has 1 atom stereocenters. The molecular formula is C26H29F2NS. The van der Waals surface area contributed by atoms with Gasteiger partial charge in [0.05, 0.1) is 5.16 Å². The van der Waals surface area contributed by atoms with Crippen molar-refractivity contribution in [2.24, 2.45) is 28.7 Å². The molecule has 0 aliphatic heterocycles. The molecule has 0 spiro atoms. The summed E-state index contributed by atoms with van der Waals surface area (Å²) < 4.78 is 27.9. The van der Waals surface area contributed by atoms with Crippen LogP contribution in [0.5, 0.6) is 0 Å². The largest absolute Gasteiger partial charge is 0.204 e. The van der Waals surface area contributed by atoms with Crippen LogP contribution in [0, 0.1) is 47.1 Å². The quantitative estimate of drug-likeness (QED) is 0.274. The van der Waals surface area contributed by atoms with Gasteiger partial charge in [0.2, 0.25) is 0 Å². The van der Waals surface area contributed by atoms with Crippen LogP contribution in [0.3, 0.4) is 0 Å². The number of hydrogen-bond acceptors (Lipinski definition) is 2. The second-order valence-electron chi connectivity index (χ2n) is 9.22. The minimum Gasteiger partial charge on any atom is -0.204 e. The second-order valence-corrected chi connectivity index (χ2v) is 9.41. The van der Waals surface area contributed by atoms with E-state index in [1.165, 1.54) is 69.9 Å². The highest BCUT2D eigenvalue weighted by atomic mass is 32.1. The number of aliphatic imine (C=N–C) groups is 1. The molecule has 1 unspecified atom stereocenters. The standard InChI is InChI=1S/C26H29F2NS/c27-24-15-19(16-25(28)26(24)29-17-30)6-5-18-7-9-21(10-8-18)23-13-11-22(12-14-23)20-3-1-2-4-20/h7,15-16,20-23H,1-4,8-14H2. The fourth-order valence-electron chi connectivity index (χ4n) is 5.86. The Balaban J connectivity index is 1.32. The number of hydrogen-bond donors (Lipinski definition) is 0.